The van der Waals surface area contributed by atoms with Crippen LogP contribution in [-0.4, -0.2) is 26.3 Å². The van der Waals surface area contributed by atoms with Crippen LogP contribution in [0.1, 0.15) is 23.9 Å². The Morgan fingerprint density at radius 2 is 2.31 bits per heavy atom. The molecular weight excluding hydrogens is 206 g/mol. The number of nitrogens with zero attached hydrogens (tertiary/aromatic N) is 2. The van der Waals surface area contributed by atoms with Crippen molar-refractivity contribution in [2.24, 2.45) is 0 Å². The smallest absolute Gasteiger partial charge is 0.276 e. The van der Waals surface area contributed by atoms with E-state index in [9.17, 15) is 4.79 Å². The van der Waals surface area contributed by atoms with Crippen LogP contribution in [-0.2, 0) is 12.8 Å². The molecule has 5 nitrogen and oxygen atoms in total. The van der Waals surface area contributed by atoms with Crippen LogP contribution in [0.25, 0.3) is 5.65 Å². The first-order valence-corrected chi connectivity index (χ1v) is 5.38. The first-order chi connectivity index (χ1) is 7.67. The van der Waals surface area contributed by atoms with E-state index in [1.54, 1.807) is 6.92 Å². The Kier molecular flexibility index (Phi) is 2.78. The van der Waals surface area contributed by atoms with E-state index < -0.39 is 0 Å². The first-order valence-electron chi connectivity index (χ1n) is 5.38. The third-order valence-electron chi connectivity index (χ3n) is 2.71. The molecule has 2 aromatic rings. The standard InChI is InChI=1S/C11H15N3O2/c1-3-8-6-10-12-7(2)9(4-5-15)11(16)14(10)13-8/h6,13,15H,3-5H2,1-2H3. The minimum absolute atomic E-state index is 0.0365. The number of fused-ring (bicyclic) bond motifs is 1. The van der Waals surface area contributed by atoms with Gasteiger partial charge in [-0.15, -0.1) is 0 Å². The fraction of sp³-hybridized carbons (Fsp3) is 0.455. The van der Waals surface area contributed by atoms with Gasteiger partial charge in [0.1, 0.15) is 0 Å². The molecule has 16 heavy (non-hydrogen) atoms. The van der Waals surface area contributed by atoms with E-state index in [1.165, 1.54) is 4.52 Å². The number of aryl methyl sites for hydroxylation is 2. The quantitative estimate of drug-likeness (QED) is 0.789. The zero-order valence-corrected chi connectivity index (χ0v) is 9.45. The SMILES string of the molecule is CCc1cc2nc(C)c(CCO)c(=O)n2[nH]1. The maximum absolute atomic E-state index is 12.0. The Labute approximate surface area is 92.7 Å². The van der Waals surface area contributed by atoms with Crippen LogP contribution < -0.4 is 5.56 Å². The van der Waals surface area contributed by atoms with Crippen LogP contribution in [0.3, 0.4) is 0 Å². The number of hydrogen-bond acceptors (Lipinski definition) is 3. The summed E-state index contributed by atoms with van der Waals surface area (Å²) in [5.74, 6) is 0. The normalized spacial score (nSPS) is 11.2. The molecule has 2 heterocycles. The second-order valence-corrected chi connectivity index (χ2v) is 3.78. The van der Waals surface area contributed by atoms with Crippen molar-refractivity contribution in [1.29, 1.82) is 0 Å². The molecule has 2 aromatic heterocycles. The molecule has 0 aliphatic carbocycles. The van der Waals surface area contributed by atoms with Gasteiger partial charge in [0.2, 0.25) is 0 Å². The Hall–Kier alpha value is -1.62. The predicted molar refractivity (Wildman–Crippen MR) is 60.7 cm³/mol. The van der Waals surface area contributed by atoms with Crippen molar-refractivity contribution in [2.45, 2.75) is 26.7 Å². The second kappa shape index (κ2) is 4.09. The third kappa shape index (κ3) is 1.63. The summed E-state index contributed by atoms with van der Waals surface area (Å²) in [5, 5.41) is 11.9. The van der Waals surface area contributed by atoms with Crippen molar-refractivity contribution in [3.8, 4) is 0 Å². The lowest BCUT2D eigenvalue weighted by atomic mass is 10.2. The Morgan fingerprint density at radius 1 is 1.56 bits per heavy atom. The van der Waals surface area contributed by atoms with E-state index in [0.717, 1.165) is 12.1 Å². The maximum Gasteiger partial charge on any atom is 0.276 e. The maximum atomic E-state index is 12.0. The van der Waals surface area contributed by atoms with E-state index in [-0.39, 0.29) is 12.2 Å². The summed E-state index contributed by atoms with van der Waals surface area (Å²) in [6.45, 7) is 3.77. The zero-order valence-electron chi connectivity index (χ0n) is 9.45. The van der Waals surface area contributed by atoms with E-state index in [1.807, 2.05) is 13.0 Å². The van der Waals surface area contributed by atoms with Crippen molar-refractivity contribution in [3.05, 3.63) is 33.4 Å². The summed E-state index contributed by atoms with van der Waals surface area (Å²) < 4.78 is 1.44. The van der Waals surface area contributed by atoms with Crippen molar-refractivity contribution >= 4 is 5.65 Å². The van der Waals surface area contributed by atoms with Crippen LogP contribution in [0.2, 0.25) is 0 Å². The topological polar surface area (TPSA) is 70.4 Å². The number of aliphatic hydroxyl groups is 1. The lowest BCUT2D eigenvalue weighted by Crippen LogP contribution is -2.22. The molecule has 0 radical (unpaired) electrons. The highest BCUT2D eigenvalue weighted by atomic mass is 16.3. The number of H-pyrrole nitrogens is 1. The molecule has 2 rings (SSSR count). The van der Waals surface area contributed by atoms with Crippen LogP contribution in [0.15, 0.2) is 10.9 Å². The number of nitrogens with one attached hydrogen (secondary N) is 1. The summed E-state index contributed by atoms with van der Waals surface area (Å²) in [5.41, 5.74) is 2.77. The highest BCUT2D eigenvalue weighted by molar-refractivity contribution is 5.41. The number of hydrogen-bond donors (Lipinski definition) is 2. The van der Waals surface area contributed by atoms with E-state index >= 15 is 0 Å². The predicted octanol–water partition coefficient (Wildman–Crippen LogP) is 0.428. The van der Waals surface area contributed by atoms with Gasteiger partial charge in [0.05, 0.1) is 0 Å². The van der Waals surface area contributed by atoms with Gasteiger partial charge < -0.3 is 5.11 Å². The minimum Gasteiger partial charge on any atom is -0.396 e. The highest BCUT2D eigenvalue weighted by Gasteiger charge is 2.10. The Morgan fingerprint density at radius 3 is 2.94 bits per heavy atom. The number of rotatable bonds is 3. The second-order valence-electron chi connectivity index (χ2n) is 3.78. The average molecular weight is 221 g/mol. The molecule has 0 aromatic carbocycles. The van der Waals surface area contributed by atoms with Crippen molar-refractivity contribution in [1.82, 2.24) is 14.6 Å². The highest BCUT2D eigenvalue weighted by Crippen LogP contribution is 2.06. The summed E-state index contributed by atoms with van der Waals surface area (Å²) >= 11 is 0. The summed E-state index contributed by atoms with van der Waals surface area (Å²) in [7, 11) is 0. The van der Waals surface area contributed by atoms with Gasteiger partial charge in [-0.3, -0.25) is 9.89 Å². The van der Waals surface area contributed by atoms with Gasteiger partial charge in [-0.2, -0.15) is 0 Å². The lowest BCUT2D eigenvalue weighted by molar-refractivity contribution is 0.298. The molecule has 0 unspecified atom stereocenters. The Balaban J connectivity index is 2.71. The molecule has 0 spiro atoms. The molecule has 2 N–H and O–H groups in total. The minimum atomic E-state index is -0.115. The van der Waals surface area contributed by atoms with Gasteiger partial charge >= 0.3 is 0 Å². The molecule has 0 aliphatic rings. The lowest BCUT2D eigenvalue weighted by Gasteiger charge is -2.02. The van der Waals surface area contributed by atoms with Crippen molar-refractivity contribution < 1.29 is 5.11 Å². The first kappa shape index (κ1) is 10.9. The van der Waals surface area contributed by atoms with Gasteiger partial charge in [0.25, 0.3) is 5.56 Å². The van der Waals surface area contributed by atoms with Crippen LogP contribution in [0.4, 0.5) is 0 Å². The molecule has 0 bridgehead atoms. The van der Waals surface area contributed by atoms with Gasteiger partial charge in [0, 0.05) is 36.0 Å². The van der Waals surface area contributed by atoms with E-state index in [4.69, 9.17) is 5.11 Å². The van der Waals surface area contributed by atoms with Crippen LogP contribution in [0.5, 0.6) is 0 Å². The fourth-order valence-corrected chi connectivity index (χ4v) is 1.80. The summed E-state index contributed by atoms with van der Waals surface area (Å²) in [6.07, 6.45) is 1.18. The molecular formula is C11H15N3O2. The average Bonchev–Trinajstić information content (AvgIpc) is 2.67. The van der Waals surface area contributed by atoms with E-state index in [2.05, 4.69) is 10.1 Å². The molecule has 0 atom stereocenters. The number of aliphatic hydroxyl groups excluding tert-OH is 1. The van der Waals surface area contributed by atoms with Crippen LogP contribution in [0, 0.1) is 6.92 Å². The molecule has 0 amide bonds. The summed E-state index contributed by atoms with van der Waals surface area (Å²) in [6, 6.07) is 1.87. The van der Waals surface area contributed by atoms with Gasteiger partial charge in [-0.05, 0) is 13.3 Å². The number of aromatic amines is 1. The molecule has 5 heteroatoms. The molecule has 0 aliphatic heterocycles. The molecule has 86 valence electrons. The third-order valence-corrected chi connectivity index (χ3v) is 2.71. The monoisotopic (exact) mass is 221 g/mol. The molecule has 0 fully saturated rings. The molecule has 0 saturated heterocycles. The summed E-state index contributed by atoms with van der Waals surface area (Å²) in [4.78, 5) is 16.4. The van der Waals surface area contributed by atoms with Crippen molar-refractivity contribution in [3.63, 3.8) is 0 Å². The van der Waals surface area contributed by atoms with Crippen molar-refractivity contribution in [2.75, 3.05) is 6.61 Å². The number of aromatic nitrogens is 3. The largest absolute Gasteiger partial charge is 0.396 e. The van der Waals surface area contributed by atoms with Gasteiger partial charge in [-0.25, -0.2) is 9.50 Å². The van der Waals surface area contributed by atoms with Gasteiger partial charge in [-0.1, -0.05) is 6.92 Å². The van der Waals surface area contributed by atoms with Crippen LogP contribution >= 0.6 is 0 Å². The fourth-order valence-electron chi connectivity index (χ4n) is 1.80. The van der Waals surface area contributed by atoms with E-state index in [0.29, 0.717) is 23.3 Å². The molecule has 0 saturated carbocycles. The zero-order chi connectivity index (χ0) is 11.7. The van der Waals surface area contributed by atoms with Gasteiger partial charge in [0.15, 0.2) is 5.65 Å². The Bertz CT molecular complexity index is 568.